The van der Waals surface area contributed by atoms with Crippen molar-refractivity contribution in [2.24, 2.45) is 5.92 Å². The number of nitrogens with zero attached hydrogens (tertiary/aromatic N) is 1. The number of carbonyl (C=O) groups excluding carboxylic acids is 1. The molecule has 1 amide bonds. The van der Waals surface area contributed by atoms with E-state index in [1.54, 1.807) is 0 Å². The van der Waals surface area contributed by atoms with E-state index in [9.17, 15) is 4.79 Å². The van der Waals surface area contributed by atoms with Crippen LogP contribution in [0.2, 0.25) is 0 Å². The zero-order valence-corrected chi connectivity index (χ0v) is 13.0. The van der Waals surface area contributed by atoms with Gasteiger partial charge in [-0.15, -0.1) is 0 Å². The molecule has 1 saturated carbocycles. The van der Waals surface area contributed by atoms with Crippen molar-refractivity contribution in [1.82, 2.24) is 10.2 Å². The van der Waals surface area contributed by atoms with E-state index in [-0.39, 0.29) is 5.92 Å². The highest BCUT2D eigenvalue weighted by molar-refractivity contribution is 5.79. The lowest BCUT2D eigenvalue weighted by Crippen LogP contribution is -2.45. The van der Waals surface area contributed by atoms with Gasteiger partial charge >= 0.3 is 0 Å². The fraction of sp³-hybridized carbons (Fsp3) is 0.611. The number of carbonyl (C=O) groups is 1. The third-order valence-corrected chi connectivity index (χ3v) is 4.94. The molecule has 21 heavy (non-hydrogen) atoms. The molecule has 114 valence electrons. The zero-order valence-electron chi connectivity index (χ0n) is 13.0. The lowest BCUT2D eigenvalue weighted by Gasteiger charge is -2.33. The Kier molecular flexibility index (Phi) is 4.59. The number of likely N-dealkylation sites (tertiary alicyclic amines) is 1. The van der Waals surface area contributed by atoms with Crippen molar-refractivity contribution in [3.63, 3.8) is 0 Å². The van der Waals surface area contributed by atoms with Crippen LogP contribution >= 0.6 is 0 Å². The zero-order chi connectivity index (χ0) is 14.7. The molecule has 0 atom stereocenters. The van der Waals surface area contributed by atoms with Gasteiger partial charge in [-0.3, -0.25) is 9.69 Å². The first-order valence-electron chi connectivity index (χ1n) is 8.29. The largest absolute Gasteiger partial charge is 0.353 e. The Bertz CT molecular complexity index is 470. The molecular weight excluding hydrogens is 260 g/mol. The number of amides is 1. The highest BCUT2D eigenvalue weighted by Gasteiger charge is 2.28. The summed E-state index contributed by atoms with van der Waals surface area (Å²) in [7, 11) is 0. The molecule has 1 aliphatic carbocycles. The van der Waals surface area contributed by atoms with Gasteiger partial charge in [0, 0.05) is 18.5 Å². The molecule has 3 rings (SSSR count). The van der Waals surface area contributed by atoms with E-state index in [1.165, 1.54) is 30.4 Å². The normalized spacial score (nSPS) is 21.0. The first kappa shape index (κ1) is 14.6. The van der Waals surface area contributed by atoms with Gasteiger partial charge in [0.2, 0.25) is 5.91 Å². The van der Waals surface area contributed by atoms with Gasteiger partial charge in [-0.1, -0.05) is 29.8 Å². The summed E-state index contributed by atoms with van der Waals surface area (Å²) in [6.45, 7) is 5.21. The van der Waals surface area contributed by atoms with Gasteiger partial charge in [0.25, 0.3) is 0 Å². The van der Waals surface area contributed by atoms with E-state index in [0.29, 0.717) is 11.9 Å². The highest BCUT2D eigenvalue weighted by atomic mass is 16.1. The Morgan fingerprint density at radius 1 is 1.14 bits per heavy atom. The number of hydrogen-bond acceptors (Lipinski definition) is 2. The summed E-state index contributed by atoms with van der Waals surface area (Å²) in [5, 5.41) is 3.20. The minimum atomic E-state index is 0.236. The van der Waals surface area contributed by atoms with E-state index in [2.05, 4.69) is 41.4 Å². The Hall–Kier alpha value is -1.35. The molecule has 0 spiro atoms. The molecule has 1 saturated heterocycles. The SMILES string of the molecule is Cc1ccc(CN2CCC(C(=O)NC3CCC3)CC2)cc1. The van der Waals surface area contributed by atoms with Gasteiger partial charge in [0.05, 0.1) is 0 Å². The van der Waals surface area contributed by atoms with Crippen LogP contribution in [-0.2, 0) is 11.3 Å². The van der Waals surface area contributed by atoms with Gasteiger partial charge < -0.3 is 5.32 Å². The maximum atomic E-state index is 12.2. The molecule has 3 nitrogen and oxygen atoms in total. The second-order valence-corrected chi connectivity index (χ2v) is 6.67. The molecule has 1 aliphatic heterocycles. The summed E-state index contributed by atoms with van der Waals surface area (Å²) in [5.74, 6) is 0.537. The van der Waals surface area contributed by atoms with Crippen molar-refractivity contribution >= 4 is 5.91 Å². The molecule has 1 heterocycles. The molecule has 0 bridgehead atoms. The maximum Gasteiger partial charge on any atom is 0.223 e. The van der Waals surface area contributed by atoms with Crippen molar-refractivity contribution in [2.75, 3.05) is 13.1 Å². The van der Waals surface area contributed by atoms with Crippen molar-refractivity contribution in [1.29, 1.82) is 0 Å². The second-order valence-electron chi connectivity index (χ2n) is 6.67. The monoisotopic (exact) mass is 286 g/mol. The van der Waals surface area contributed by atoms with Crippen LogP contribution in [0.3, 0.4) is 0 Å². The predicted octanol–water partition coefficient (Wildman–Crippen LogP) is 2.88. The van der Waals surface area contributed by atoms with Gasteiger partial charge in [-0.05, 0) is 57.7 Å². The molecule has 2 aliphatic rings. The fourth-order valence-corrected chi connectivity index (χ4v) is 3.18. The van der Waals surface area contributed by atoms with E-state index < -0.39 is 0 Å². The summed E-state index contributed by atoms with van der Waals surface area (Å²) in [4.78, 5) is 14.6. The predicted molar refractivity (Wildman–Crippen MR) is 85.0 cm³/mol. The van der Waals surface area contributed by atoms with Crippen molar-refractivity contribution in [2.45, 2.75) is 51.6 Å². The number of aryl methyl sites for hydroxylation is 1. The quantitative estimate of drug-likeness (QED) is 0.923. The number of benzene rings is 1. The van der Waals surface area contributed by atoms with Crippen LogP contribution in [0.1, 0.15) is 43.2 Å². The van der Waals surface area contributed by atoms with E-state index in [4.69, 9.17) is 0 Å². The Morgan fingerprint density at radius 3 is 2.38 bits per heavy atom. The van der Waals surface area contributed by atoms with Crippen LogP contribution in [-0.4, -0.2) is 29.9 Å². The van der Waals surface area contributed by atoms with Crippen LogP contribution in [0.25, 0.3) is 0 Å². The highest BCUT2D eigenvalue weighted by Crippen LogP contribution is 2.22. The fourth-order valence-electron chi connectivity index (χ4n) is 3.18. The third-order valence-electron chi connectivity index (χ3n) is 4.94. The smallest absolute Gasteiger partial charge is 0.223 e. The molecule has 0 unspecified atom stereocenters. The average molecular weight is 286 g/mol. The molecule has 0 radical (unpaired) electrons. The Morgan fingerprint density at radius 2 is 1.81 bits per heavy atom. The molecular formula is C18H26N2O. The van der Waals surface area contributed by atoms with E-state index >= 15 is 0 Å². The summed E-state index contributed by atoms with van der Waals surface area (Å²) in [6.07, 6.45) is 5.64. The minimum absolute atomic E-state index is 0.236. The van der Waals surface area contributed by atoms with Crippen molar-refractivity contribution < 1.29 is 4.79 Å². The number of hydrogen-bond donors (Lipinski definition) is 1. The van der Waals surface area contributed by atoms with E-state index in [1.807, 2.05) is 0 Å². The van der Waals surface area contributed by atoms with Crippen LogP contribution in [0.5, 0.6) is 0 Å². The molecule has 3 heteroatoms. The van der Waals surface area contributed by atoms with Crippen LogP contribution in [0, 0.1) is 12.8 Å². The van der Waals surface area contributed by atoms with Crippen LogP contribution < -0.4 is 5.32 Å². The molecule has 0 aromatic heterocycles. The van der Waals surface area contributed by atoms with Crippen LogP contribution in [0.4, 0.5) is 0 Å². The summed E-state index contributed by atoms with van der Waals surface area (Å²) in [5.41, 5.74) is 2.68. The van der Waals surface area contributed by atoms with E-state index in [0.717, 1.165) is 32.5 Å². The number of rotatable bonds is 4. The van der Waals surface area contributed by atoms with Crippen molar-refractivity contribution in [3.8, 4) is 0 Å². The topological polar surface area (TPSA) is 32.3 Å². The van der Waals surface area contributed by atoms with Gasteiger partial charge in [0.15, 0.2) is 0 Å². The Balaban J connectivity index is 1.43. The average Bonchev–Trinajstić information content (AvgIpc) is 2.46. The number of piperidine rings is 1. The Labute approximate surface area is 127 Å². The standard InChI is InChI=1S/C18H26N2O/c1-14-5-7-15(8-6-14)13-20-11-9-16(10-12-20)18(21)19-17-3-2-4-17/h5-8,16-17H,2-4,9-13H2,1H3,(H,19,21). The summed E-state index contributed by atoms with van der Waals surface area (Å²) < 4.78 is 0. The van der Waals surface area contributed by atoms with Gasteiger partial charge in [-0.2, -0.15) is 0 Å². The molecule has 1 N–H and O–H groups in total. The third kappa shape index (κ3) is 3.85. The molecule has 1 aromatic carbocycles. The molecule has 2 fully saturated rings. The lowest BCUT2D eigenvalue weighted by atomic mass is 9.90. The minimum Gasteiger partial charge on any atom is -0.353 e. The number of nitrogens with one attached hydrogen (secondary N) is 1. The first-order valence-corrected chi connectivity index (χ1v) is 8.29. The molecule has 1 aromatic rings. The van der Waals surface area contributed by atoms with Crippen molar-refractivity contribution in [3.05, 3.63) is 35.4 Å². The van der Waals surface area contributed by atoms with Gasteiger partial charge in [-0.25, -0.2) is 0 Å². The lowest BCUT2D eigenvalue weighted by molar-refractivity contribution is -0.127. The van der Waals surface area contributed by atoms with Gasteiger partial charge in [0.1, 0.15) is 0 Å². The van der Waals surface area contributed by atoms with Crippen LogP contribution in [0.15, 0.2) is 24.3 Å². The second kappa shape index (κ2) is 6.61. The maximum absolute atomic E-state index is 12.2. The first-order chi connectivity index (χ1) is 10.2. The summed E-state index contributed by atoms with van der Waals surface area (Å²) >= 11 is 0. The summed E-state index contributed by atoms with van der Waals surface area (Å²) in [6, 6.07) is 9.25.